The highest BCUT2D eigenvalue weighted by Gasteiger charge is 2.51. The zero-order valence-corrected chi connectivity index (χ0v) is 38.2. The fourth-order valence-electron chi connectivity index (χ4n) is 8.44. The standard InChI is InChI=1S/C56H62O11/c1-57-55-53(64-37-45-29-17-7-18-30-45)51(62-35-43-25-13-5-14-26-43)49(60-33-41-21-9-3-10-22-41)47(66-55)39-59-40-48-50(61-34-42-23-11-4-12-24-42)52(63-36-44-27-15-6-16-28-44)54(56(58-2)67-48)65-38-46-31-19-8-20-32-46/h3-32,47-56H,33-40H2,1-2H3/t47-,48-,49-,50-,51+,52+,53+,54+,55+,56+/m1/s1. The van der Waals surface area contributed by atoms with Gasteiger partial charge in [0, 0.05) is 14.2 Å². The predicted molar refractivity (Wildman–Crippen MR) is 252 cm³/mol. The molecular weight excluding hydrogens is 849 g/mol. The molecule has 0 aliphatic carbocycles. The van der Waals surface area contributed by atoms with E-state index in [0.29, 0.717) is 39.6 Å². The van der Waals surface area contributed by atoms with E-state index in [0.717, 1.165) is 33.4 Å². The van der Waals surface area contributed by atoms with Gasteiger partial charge >= 0.3 is 0 Å². The molecule has 11 heteroatoms. The molecule has 0 amide bonds. The van der Waals surface area contributed by atoms with E-state index in [-0.39, 0.29) is 13.2 Å². The van der Waals surface area contributed by atoms with Gasteiger partial charge in [-0.05, 0) is 33.4 Å². The Kier molecular flexibility index (Phi) is 18.7. The van der Waals surface area contributed by atoms with Crippen molar-refractivity contribution < 1.29 is 52.1 Å². The van der Waals surface area contributed by atoms with Crippen LogP contribution in [0.3, 0.4) is 0 Å². The van der Waals surface area contributed by atoms with Gasteiger partial charge < -0.3 is 52.1 Å². The summed E-state index contributed by atoms with van der Waals surface area (Å²) in [6.07, 6.45) is -6.74. The van der Waals surface area contributed by atoms with Gasteiger partial charge in [0.25, 0.3) is 0 Å². The van der Waals surface area contributed by atoms with Crippen LogP contribution in [0, 0.1) is 0 Å². The van der Waals surface area contributed by atoms with Gasteiger partial charge in [-0.2, -0.15) is 0 Å². The molecule has 2 aliphatic rings. The van der Waals surface area contributed by atoms with Crippen LogP contribution in [0.2, 0.25) is 0 Å². The Hall–Kier alpha value is -5.12. The Labute approximate surface area is 394 Å². The SMILES string of the molecule is CO[C@H]1O[C@H](COC[C@H]2O[C@H](OC)[C@@H](OCc3ccccc3)[C@@H](OCc3ccccc3)[C@@H]2OCc2ccccc2)[C@@H](OCc2ccccc2)[C@H](OCc2ccccc2)[C@@H]1OCc1ccccc1. The molecule has 11 nitrogen and oxygen atoms in total. The molecule has 2 aliphatic heterocycles. The van der Waals surface area contributed by atoms with Crippen LogP contribution in [0.25, 0.3) is 0 Å². The Morgan fingerprint density at radius 1 is 0.299 bits per heavy atom. The minimum Gasteiger partial charge on any atom is -0.376 e. The maximum absolute atomic E-state index is 6.84. The number of ether oxygens (including phenoxy) is 11. The molecule has 352 valence electrons. The van der Waals surface area contributed by atoms with Crippen molar-refractivity contribution in [2.45, 2.75) is 101 Å². The summed E-state index contributed by atoms with van der Waals surface area (Å²) in [6.45, 7) is 2.09. The van der Waals surface area contributed by atoms with Gasteiger partial charge in [0.05, 0.1) is 52.9 Å². The monoisotopic (exact) mass is 910 g/mol. The van der Waals surface area contributed by atoms with Crippen molar-refractivity contribution in [2.75, 3.05) is 27.4 Å². The van der Waals surface area contributed by atoms with Crippen LogP contribution in [0.5, 0.6) is 0 Å². The summed E-state index contributed by atoms with van der Waals surface area (Å²) < 4.78 is 73.0. The molecule has 67 heavy (non-hydrogen) atoms. The Morgan fingerprint density at radius 2 is 0.522 bits per heavy atom. The smallest absolute Gasteiger partial charge is 0.186 e. The van der Waals surface area contributed by atoms with Crippen LogP contribution in [0.15, 0.2) is 182 Å². The molecule has 8 rings (SSSR count). The first-order chi connectivity index (χ1) is 33.1. The average Bonchev–Trinajstić information content (AvgIpc) is 3.39. The molecule has 0 N–H and O–H groups in total. The fraction of sp³-hybridized carbons (Fsp3) is 0.357. The maximum atomic E-state index is 6.84. The number of rotatable bonds is 24. The zero-order valence-electron chi connectivity index (χ0n) is 38.2. The van der Waals surface area contributed by atoms with E-state index in [9.17, 15) is 0 Å². The van der Waals surface area contributed by atoms with Crippen molar-refractivity contribution in [2.24, 2.45) is 0 Å². The molecule has 2 fully saturated rings. The molecule has 0 spiro atoms. The van der Waals surface area contributed by atoms with Crippen LogP contribution < -0.4 is 0 Å². The number of methoxy groups -OCH3 is 2. The van der Waals surface area contributed by atoms with Gasteiger partial charge in [-0.25, -0.2) is 0 Å². The summed E-state index contributed by atoms with van der Waals surface area (Å²) >= 11 is 0. The quantitative estimate of drug-likeness (QED) is 0.0581. The van der Waals surface area contributed by atoms with Gasteiger partial charge in [-0.1, -0.05) is 182 Å². The first-order valence-corrected chi connectivity index (χ1v) is 23.0. The average molecular weight is 911 g/mol. The van der Waals surface area contributed by atoms with Gasteiger partial charge in [-0.15, -0.1) is 0 Å². The zero-order chi connectivity index (χ0) is 45.9. The van der Waals surface area contributed by atoms with Crippen LogP contribution in [-0.4, -0.2) is 88.8 Å². The van der Waals surface area contributed by atoms with Gasteiger partial charge in [0.15, 0.2) is 12.6 Å². The molecule has 0 bridgehead atoms. The molecule has 6 aromatic carbocycles. The van der Waals surface area contributed by atoms with E-state index in [1.807, 2.05) is 182 Å². The van der Waals surface area contributed by atoms with Crippen LogP contribution in [0.1, 0.15) is 33.4 Å². The van der Waals surface area contributed by atoms with Gasteiger partial charge in [0.2, 0.25) is 0 Å². The van der Waals surface area contributed by atoms with E-state index < -0.39 is 61.4 Å². The first kappa shape index (κ1) is 48.3. The molecule has 0 saturated carbocycles. The Balaban J connectivity index is 1.06. The molecule has 0 aromatic heterocycles. The van der Waals surface area contributed by atoms with E-state index in [2.05, 4.69) is 0 Å². The molecular formula is C56H62O11. The van der Waals surface area contributed by atoms with Crippen molar-refractivity contribution in [3.05, 3.63) is 215 Å². The lowest BCUT2D eigenvalue weighted by Gasteiger charge is -2.46. The lowest BCUT2D eigenvalue weighted by atomic mass is 9.97. The van der Waals surface area contributed by atoms with Gasteiger partial charge in [0.1, 0.15) is 48.8 Å². The van der Waals surface area contributed by atoms with E-state index in [1.54, 1.807) is 14.2 Å². The van der Waals surface area contributed by atoms with Crippen molar-refractivity contribution in [3.63, 3.8) is 0 Å². The third-order valence-electron chi connectivity index (χ3n) is 11.9. The van der Waals surface area contributed by atoms with E-state index >= 15 is 0 Å². The maximum Gasteiger partial charge on any atom is 0.186 e. The third-order valence-corrected chi connectivity index (χ3v) is 11.9. The normalized spacial score (nSPS) is 25.2. The Morgan fingerprint density at radius 3 is 0.761 bits per heavy atom. The number of hydrogen-bond donors (Lipinski definition) is 0. The minimum atomic E-state index is -0.807. The molecule has 6 aromatic rings. The summed E-state index contributed by atoms with van der Waals surface area (Å²) in [6, 6.07) is 60.2. The highest BCUT2D eigenvalue weighted by atomic mass is 16.7. The first-order valence-electron chi connectivity index (χ1n) is 23.0. The molecule has 0 radical (unpaired) electrons. The van der Waals surface area contributed by atoms with Crippen molar-refractivity contribution in [1.29, 1.82) is 0 Å². The van der Waals surface area contributed by atoms with Gasteiger partial charge in [-0.3, -0.25) is 0 Å². The summed E-state index contributed by atoms with van der Waals surface area (Å²) in [5.41, 5.74) is 6.05. The highest BCUT2D eigenvalue weighted by Crippen LogP contribution is 2.34. The molecule has 10 atom stereocenters. The van der Waals surface area contributed by atoms with Crippen molar-refractivity contribution in [1.82, 2.24) is 0 Å². The van der Waals surface area contributed by atoms with Crippen LogP contribution >= 0.6 is 0 Å². The number of hydrogen-bond acceptors (Lipinski definition) is 11. The van der Waals surface area contributed by atoms with E-state index in [1.165, 1.54) is 0 Å². The second kappa shape index (κ2) is 25.9. The lowest BCUT2D eigenvalue weighted by molar-refractivity contribution is -0.332. The van der Waals surface area contributed by atoms with Crippen molar-refractivity contribution >= 4 is 0 Å². The summed E-state index contributed by atoms with van der Waals surface area (Å²) in [5, 5.41) is 0. The summed E-state index contributed by atoms with van der Waals surface area (Å²) in [4.78, 5) is 0. The second-order valence-electron chi connectivity index (χ2n) is 16.7. The predicted octanol–water partition coefficient (Wildman–Crippen LogP) is 9.26. The topological polar surface area (TPSA) is 102 Å². The minimum absolute atomic E-state index is 0.0995. The molecule has 2 heterocycles. The Bertz CT molecular complexity index is 2080. The summed E-state index contributed by atoms with van der Waals surface area (Å²) in [7, 11) is 3.23. The fourth-order valence-corrected chi connectivity index (χ4v) is 8.44. The highest BCUT2D eigenvalue weighted by molar-refractivity contribution is 5.18. The number of benzene rings is 6. The van der Waals surface area contributed by atoms with Crippen LogP contribution in [0.4, 0.5) is 0 Å². The van der Waals surface area contributed by atoms with Crippen molar-refractivity contribution in [3.8, 4) is 0 Å². The van der Waals surface area contributed by atoms with E-state index in [4.69, 9.17) is 52.1 Å². The molecule has 2 saturated heterocycles. The molecule has 0 unspecified atom stereocenters. The second-order valence-corrected chi connectivity index (χ2v) is 16.7. The van der Waals surface area contributed by atoms with Crippen LogP contribution in [-0.2, 0) is 91.7 Å². The largest absolute Gasteiger partial charge is 0.376 e. The lowest BCUT2D eigenvalue weighted by Crippen LogP contribution is -2.62. The summed E-state index contributed by atoms with van der Waals surface area (Å²) in [5.74, 6) is 0. The third kappa shape index (κ3) is 14.0.